The Bertz CT molecular complexity index is 582. The molecular weight excluding hydrogens is 233 g/mol. The van der Waals surface area contributed by atoms with E-state index >= 15 is 0 Å². The first-order valence-electron chi connectivity index (χ1n) is 5.73. The number of halogens is 1. The van der Waals surface area contributed by atoms with Gasteiger partial charge in [0.15, 0.2) is 0 Å². The predicted molar refractivity (Wildman–Crippen MR) is 67.2 cm³/mol. The van der Waals surface area contributed by atoms with Gasteiger partial charge in [0.05, 0.1) is 0 Å². The molecule has 1 aromatic heterocycles. The van der Waals surface area contributed by atoms with E-state index in [9.17, 15) is 9.18 Å². The molecule has 0 aliphatic rings. The number of nitrogens with zero attached hydrogens (tertiary/aromatic N) is 1. The summed E-state index contributed by atoms with van der Waals surface area (Å²) in [6.45, 7) is 4.20. The van der Waals surface area contributed by atoms with Crippen LogP contribution in [0.15, 0.2) is 30.3 Å². The van der Waals surface area contributed by atoms with Gasteiger partial charge in [-0.25, -0.2) is 9.18 Å². The molecule has 0 fully saturated rings. The van der Waals surface area contributed by atoms with Crippen molar-refractivity contribution in [1.29, 1.82) is 0 Å². The summed E-state index contributed by atoms with van der Waals surface area (Å²) in [6, 6.07) is 7.96. The maximum atomic E-state index is 13.4. The monoisotopic (exact) mass is 247 g/mol. The molecule has 18 heavy (non-hydrogen) atoms. The normalized spacial score (nSPS) is 10.6. The first-order chi connectivity index (χ1) is 8.52. The van der Waals surface area contributed by atoms with Gasteiger partial charge in [-0.3, -0.25) is 0 Å². The molecule has 0 aliphatic carbocycles. The number of aromatic carboxylic acids is 1. The minimum atomic E-state index is -0.976. The number of carbonyl (C=O) groups is 1. The fraction of sp³-hybridized carbons (Fsp3) is 0.214. The number of aryl methyl sites for hydroxylation is 1. The highest BCUT2D eigenvalue weighted by atomic mass is 19.1. The number of aromatic nitrogens is 1. The number of hydrogen-bond acceptors (Lipinski definition) is 1. The van der Waals surface area contributed by atoms with E-state index in [0.717, 1.165) is 11.3 Å². The summed E-state index contributed by atoms with van der Waals surface area (Å²) < 4.78 is 15.1. The molecule has 0 amide bonds. The van der Waals surface area contributed by atoms with Crippen molar-refractivity contribution in [3.63, 3.8) is 0 Å². The lowest BCUT2D eigenvalue weighted by molar-refractivity contribution is 0.0685. The molecule has 94 valence electrons. The average molecular weight is 247 g/mol. The summed E-state index contributed by atoms with van der Waals surface area (Å²) in [6.07, 6.45) is 0. The van der Waals surface area contributed by atoms with Gasteiger partial charge >= 0.3 is 5.97 Å². The van der Waals surface area contributed by atoms with Crippen molar-refractivity contribution in [2.24, 2.45) is 0 Å². The van der Waals surface area contributed by atoms with E-state index in [1.54, 1.807) is 16.7 Å². The van der Waals surface area contributed by atoms with Gasteiger partial charge in [-0.1, -0.05) is 0 Å². The van der Waals surface area contributed by atoms with Crippen molar-refractivity contribution in [3.05, 3.63) is 47.4 Å². The second kappa shape index (κ2) is 4.64. The smallest absolute Gasteiger partial charge is 0.352 e. The zero-order valence-electron chi connectivity index (χ0n) is 10.3. The van der Waals surface area contributed by atoms with E-state index in [4.69, 9.17) is 5.11 Å². The summed E-state index contributed by atoms with van der Waals surface area (Å²) in [7, 11) is 0. The van der Waals surface area contributed by atoms with Gasteiger partial charge in [0.25, 0.3) is 0 Å². The van der Waals surface area contributed by atoms with E-state index in [1.807, 2.05) is 19.9 Å². The van der Waals surface area contributed by atoms with Gasteiger partial charge in [-0.15, -0.1) is 0 Å². The van der Waals surface area contributed by atoms with E-state index in [2.05, 4.69) is 0 Å². The molecule has 0 aliphatic heterocycles. The van der Waals surface area contributed by atoms with Crippen molar-refractivity contribution >= 4 is 5.97 Å². The lowest BCUT2D eigenvalue weighted by atomic mass is 10.1. The molecular formula is C14H14FNO2. The maximum Gasteiger partial charge on any atom is 0.352 e. The molecule has 0 unspecified atom stereocenters. The fourth-order valence-corrected chi connectivity index (χ4v) is 2.13. The van der Waals surface area contributed by atoms with Gasteiger partial charge in [0, 0.05) is 17.8 Å². The van der Waals surface area contributed by atoms with Crippen LogP contribution in [0.2, 0.25) is 0 Å². The van der Waals surface area contributed by atoms with Crippen LogP contribution in [0, 0.1) is 12.7 Å². The zero-order chi connectivity index (χ0) is 13.3. The minimum Gasteiger partial charge on any atom is -0.477 e. The van der Waals surface area contributed by atoms with Crippen LogP contribution in [0.3, 0.4) is 0 Å². The number of hydrogen-bond donors (Lipinski definition) is 1. The van der Waals surface area contributed by atoms with Crippen molar-refractivity contribution < 1.29 is 14.3 Å². The second-order valence-corrected chi connectivity index (χ2v) is 4.17. The van der Waals surface area contributed by atoms with Crippen molar-refractivity contribution in [2.75, 3.05) is 0 Å². The largest absolute Gasteiger partial charge is 0.477 e. The lowest BCUT2D eigenvalue weighted by Gasteiger charge is -2.10. The molecule has 0 atom stereocenters. The molecule has 0 saturated heterocycles. The highest BCUT2D eigenvalue weighted by Crippen LogP contribution is 2.24. The lowest BCUT2D eigenvalue weighted by Crippen LogP contribution is -2.08. The van der Waals surface area contributed by atoms with E-state index in [0.29, 0.717) is 12.1 Å². The first kappa shape index (κ1) is 12.4. The number of carboxylic acid groups (broad SMARTS) is 1. The molecule has 2 aromatic rings. The molecule has 0 saturated carbocycles. The van der Waals surface area contributed by atoms with Crippen LogP contribution in [0.1, 0.15) is 23.0 Å². The standard InChI is InChI=1S/C14H14FNO2/c1-3-16-12(4-5-13(16)14(17)18)10-6-9(2)7-11(15)8-10/h4-8H,3H2,1-2H3,(H,17,18). The second-order valence-electron chi connectivity index (χ2n) is 4.17. The molecule has 2 rings (SSSR count). The van der Waals surface area contributed by atoms with Crippen LogP contribution >= 0.6 is 0 Å². The Morgan fingerprint density at radius 2 is 2.06 bits per heavy atom. The Hall–Kier alpha value is -2.10. The molecule has 4 heteroatoms. The molecule has 1 N–H and O–H groups in total. The zero-order valence-corrected chi connectivity index (χ0v) is 10.3. The van der Waals surface area contributed by atoms with Crippen molar-refractivity contribution in [1.82, 2.24) is 4.57 Å². The Kier molecular flexibility index (Phi) is 3.19. The molecule has 3 nitrogen and oxygen atoms in total. The summed E-state index contributed by atoms with van der Waals surface area (Å²) >= 11 is 0. The molecule has 0 radical (unpaired) electrons. The van der Waals surface area contributed by atoms with Gasteiger partial charge in [-0.2, -0.15) is 0 Å². The summed E-state index contributed by atoms with van der Waals surface area (Å²) in [4.78, 5) is 11.1. The van der Waals surface area contributed by atoms with Crippen LogP contribution in [-0.4, -0.2) is 15.6 Å². The van der Waals surface area contributed by atoms with Crippen molar-refractivity contribution in [3.8, 4) is 11.3 Å². The third-order valence-electron chi connectivity index (χ3n) is 2.85. The SMILES string of the molecule is CCn1c(C(=O)O)ccc1-c1cc(C)cc(F)c1. The number of benzene rings is 1. The molecule has 0 bridgehead atoms. The van der Waals surface area contributed by atoms with Crippen molar-refractivity contribution in [2.45, 2.75) is 20.4 Å². The average Bonchev–Trinajstić information content (AvgIpc) is 2.70. The maximum absolute atomic E-state index is 13.4. The Balaban J connectivity index is 2.60. The highest BCUT2D eigenvalue weighted by Gasteiger charge is 2.14. The third-order valence-corrected chi connectivity index (χ3v) is 2.85. The Labute approximate surface area is 104 Å². The van der Waals surface area contributed by atoms with Crippen LogP contribution in [0.5, 0.6) is 0 Å². The fourth-order valence-electron chi connectivity index (χ4n) is 2.13. The first-order valence-corrected chi connectivity index (χ1v) is 5.73. The topological polar surface area (TPSA) is 42.2 Å². The van der Waals surface area contributed by atoms with E-state index in [1.165, 1.54) is 12.1 Å². The van der Waals surface area contributed by atoms with Crippen LogP contribution in [0.25, 0.3) is 11.3 Å². The summed E-state index contributed by atoms with van der Waals surface area (Å²) in [5.74, 6) is -1.29. The number of carboxylic acids is 1. The highest BCUT2D eigenvalue weighted by molar-refractivity contribution is 5.87. The van der Waals surface area contributed by atoms with Gasteiger partial charge < -0.3 is 9.67 Å². The predicted octanol–water partition coefficient (Wildman–Crippen LogP) is 3.32. The van der Waals surface area contributed by atoms with E-state index < -0.39 is 5.97 Å². The molecule has 1 aromatic carbocycles. The Morgan fingerprint density at radius 3 is 2.61 bits per heavy atom. The quantitative estimate of drug-likeness (QED) is 0.904. The van der Waals surface area contributed by atoms with E-state index in [-0.39, 0.29) is 11.5 Å². The third kappa shape index (κ3) is 2.14. The molecule has 1 heterocycles. The molecule has 0 spiro atoms. The summed E-state index contributed by atoms with van der Waals surface area (Å²) in [5, 5.41) is 9.07. The van der Waals surface area contributed by atoms with Crippen LogP contribution in [0.4, 0.5) is 4.39 Å². The van der Waals surface area contributed by atoms with Crippen LogP contribution < -0.4 is 0 Å². The summed E-state index contributed by atoms with van der Waals surface area (Å²) in [5.41, 5.74) is 2.44. The minimum absolute atomic E-state index is 0.217. The van der Waals surface area contributed by atoms with Crippen LogP contribution in [-0.2, 0) is 6.54 Å². The van der Waals surface area contributed by atoms with Gasteiger partial charge in [0.1, 0.15) is 11.5 Å². The number of rotatable bonds is 3. The Morgan fingerprint density at radius 1 is 1.33 bits per heavy atom. The van der Waals surface area contributed by atoms with Gasteiger partial charge in [-0.05, 0) is 49.7 Å². The van der Waals surface area contributed by atoms with Gasteiger partial charge in [0.2, 0.25) is 0 Å².